The van der Waals surface area contributed by atoms with Crippen LogP contribution in [0, 0.1) is 23.1 Å². The molecule has 1 rings (SSSR count). The summed E-state index contributed by atoms with van der Waals surface area (Å²) < 4.78 is 13.5. The predicted molar refractivity (Wildman–Crippen MR) is 70.8 cm³/mol. The van der Waals surface area contributed by atoms with Crippen LogP contribution in [-0.2, 0) is 16.0 Å². The number of hydrogen-bond acceptors (Lipinski definition) is 4. The Hall–Kier alpha value is -2.46. The number of nitrogens with zero attached hydrogens (tertiary/aromatic N) is 1. The maximum atomic E-state index is 13.5. The third-order valence-electron chi connectivity index (χ3n) is 3.13. The van der Waals surface area contributed by atoms with Crippen molar-refractivity contribution in [3.8, 4) is 6.07 Å². The first-order chi connectivity index (χ1) is 9.85. The number of benzene rings is 1. The fourth-order valence-corrected chi connectivity index (χ4v) is 1.88. The zero-order valence-corrected chi connectivity index (χ0v) is 11.1. The van der Waals surface area contributed by atoms with E-state index in [1.54, 1.807) is 6.07 Å². The van der Waals surface area contributed by atoms with E-state index in [0.717, 1.165) is 6.07 Å². The minimum absolute atomic E-state index is 0.0189. The lowest BCUT2D eigenvalue weighted by Gasteiger charge is -2.14. The van der Waals surface area contributed by atoms with E-state index in [1.165, 1.54) is 12.1 Å². The van der Waals surface area contributed by atoms with Crippen LogP contribution in [0.2, 0.25) is 0 Å². The Morgan fingerprint density at radius 3 is 2.43 bits per heavy atom. The number of halogens is 1. The molecule has 0 saturated heterocycles. The van der Waals surface area contributed by atoms with E-state index in [2.05, 4.69) is 0 Å². The number of carbonyl (C=O) groups is 2. The number of nitrogens with two attached hydrogens (primary N) is 1. The molecule has 0 amide bonds. The maximum Gasteiger partial charge on any atom is 0.320 e. The Morgan fingerprint density at radius 1 is 1.29 bits per heavy atom. The van der Waals surface area contributed by atoms with Crippen LogP contribution < -0.4 is 5.73 Å². The molecule has 0 bridgehead atoms. The Labute approximate surface area is 120 Å². The van der Waals surface area contributed by atoms with Gasteiger partial charge >= 0.3 is 11.9 Å². The molecule has 2 unspecified atom stereocenters. The van der Waals surface area contributed by atoms with E-state index >= 15 is 0 Å². The number of aliphatic carboxylic acids is 2. The van der Waals surface area contributed by atoms with E-state index < -0.39 is 29.7 Å². The second-order valence-corrected chi connectivity index (χ2v) is 4.69. The normalized spacial score (nSPS) is 13.2. The lowest BCUT2D eigenvalue weighted by Crippen LogP contribution is -2.31. The van der Waals surface area contributed by atoms with Crippen molar-refractivity contribution in [2.45, 2.75) is 25.3 Å². The van der Waals surface area contributed by atoms with Gasteiger partial charge in [-0.15, -0.1) is 0 Å². The van der Waals surface area contributed by atoms with Crippen molar-refractivity contribution in [2.24, 2.45) is 11.7 Å². The highest BCUT2D eigenvalue weighted by atomic mass is 19.1. The quantitative estimate of drug-likeness (QED) is 0.692. The van der Waals surface area contributed by atoms with Gasteiger partial charge in [-0.1, -0.05) is 6.07 Å². The summed E-state index contributed by atoms with van der Waals surface area (Å²) in [6, 6.07) is 4.44. The van der Waals surface area contributed by atoms with Gasteiger partial charge in [-0.05, 0) is 37.0 Å². The molecule has 0 aliphatic heterocycles. The lowest BCUT2D eigenvalue weighted by molar-refractivity contribution is -0.143. The number of rotatable bonds is 7. The van der Waals surface area contributed by atoms with Gasteiger partial charge in [0, 0.05) is 0 Å². The molecule has 7 heteroatoms. The van der Waals surface area contributed by atoms with Gasteiger partial charge in [0.25, 0.3) is 0 Å². The first-order valence-corrected chi connectivity index (χ1v) is 6.25. The Morgan fingerprint density at radius 2 is 1.95 bits per heavy atom. The van der Waals surface area contributed by atoms with Crippen LogP contribution in [0.1, 0.15) is 24.0 Å². The maximum absolute atomic E-state index is 13.5. The smallest absolute Gasteiger partial charge is 0.320 e. The Kier molecular flexibility index (Phi) is 5.81. The van der Waals surface area contributed by atoms with Crippen LogP contribution in [0.25, 0.3) is 0 Å². The molecule has 1 aromatic carbocycles. The largest absolute Gasteiger partial charge is 0.481 e. The molecule has 2 atom stereocenters. The van der Waals surface area contributed by atoms with Crippen molar-refractivity contribution >= 4 is 11.9 Å². The molecule has 0 aliphatic carbocycles. The molecule has 4 N–H and O–H groups in total. The van der Waals surface area contributed by atoms with Gasteiger partial charge in [-0.3, -0.25) is 9.59 Å². The van der Waals surface area contributed by atoms with Gasteiger partial charge in [0.05, 0.1) is 11.5 Å². The van der Waals surface area contributed by atoms with Crippen molar-refractivity contribution in [2.75, 3.05) is 0 Å². The monoisotopic (exact) mass is 294 g/mol. The summed E-state index contributed by atoms with van der Waals surface area (Å²) >= 11 is 0. The molecule has 1 aromatic rings. The van der Waals surface area contributed by atoms with Gasteiger partial charge in [0.2, 0.25) is 0 Å². The third kappa shape index (κ3) is 4.85. The fourth-order valence-electron chi connectivity index (χ4n) is 1.88. The predicted octanol–water partition coefficient (Wildman–Crippen LogP) is 1.13. The van der Waals surface area contributed by atoms with Crippen LogP contribution in [0.4, 0.5) is 4.39 Å². The van der Waals surface area contributed by atoms with Gasteiger partial charge in [0.15, 0.2) is 0 Å². The molecule has 0 radical (unpaired) electrons. The number of hydrogen-bond donors (Lipinski definition) is 3. The molecule has 21 heavy (non-hydrogen) atoms. The standard InChI is InChI=1S/C14H15FN2O4/c15-11-6-8(1-2-10(11)7-16)5-9(13(18)19)3-4-12(17)14(20)21/h1-2,6,9,12H,3-5,17H2,(H,18,19)(H,20,21). The molecule has 0 aliphatic rings. The van der Waals surface area contributed by atoms with Crippen molar-refractivity contribution in [3.63, 3.8) is 0 Å². The third-order valence-corrected chi connectivity index (χ3v) is 3.13. The van der Waals surface area contributed by atoms with Gasteiger partial charge in [-0.25, -0.2) is 4.39 Å². The van der Waals surface area contributed by atoms with E-state index in [9.17, 15) is 14.0 Å². The Bertz CT molecular complexity index is 583. The second-order valence-electron chi connectivity index (χ2n) is 4.69. The lowest BCUT2D eigenvalue weighted by atomic mass is 9.92. The van der Waals surface area contributed by atoms with Gasteiger partial charge < -0.3 is 15.9 Å². The summed E-state index contributed by atoms with van der Waals surface area (Å²) in [4.78, 5) is 21.8. The average molecular weight is 294 g/mol. The molecular formula is C14H15FN2O4. The summed E-state index contributed by atoms with van der Waals surface area (Å²) in [6.45, 7) is 0. The second kappa shape index (κ2) is 7.36. The van der Waals surface area contributed by atoms with E-state index in [-0.39, 0.29) is 24.8 Å². The summed E-state index contributed by atoms with van der Waals surface area (Å²) in [5, 5.41) is 26.4. The van der Waals surface area contributed by atoms with Crippen molar-refractivity contribution < 1.29 is 24.2 Å². The minimum atomic E-state index is -1.19. The molecule has 0 fully saturated rings. The van der Waals surface area contributed by atoms with Gasteiger partial charge in [-0.2, -0.15) is 5.26 Å². The topological polar surface area (TPSA) is 124 Å². The highest BCUT2D eigenvalue weighted by Crippen LogP contribution is 2.18. The van der Waals surface area contributed by atoms with E-state index in [1.807, 2.05) is 0 Å². The highest BCUT2D eigenvalue weighted by molar-refractivity contribution is 5.73. The molecule has 0 spiro atoms. The highest BCUT2D eigenvalue weighted by Gasteiger charge is 2.21. The molecule has 112 valence electrons. The molecule has 6 nitrogen and oxygen atoms in total. The van der Waals surface area contributed by atoms with Crippen molar-refractivity contribution in [3.05, 3.63) is 35.1 Å². The summed E-state index contributed by atoms with van der Waals surface area (Å²) in [5.74, 6) is -3.86. The van der Waals surface area contributed by atoms with Crippen LogP contribution in [-0.4, -0.2) is 28.2 Å². The molecule has 0 heterocycles. The minimum Gasteiger partial charge on any atom is -0.481 e. The molecule has 0 saturated carbocycles. The number of carboxylic acids is 2. The average Bonchev–Trinajstić information content (AvgIpc) is 2.42. The van der Waals surface area contributed by atoms with E-state index in [0.29, 0.717) is 5.56 Å². The first kappa shape index (κ1) is 16.6. The zero-order chi connectivity index (χ0) is 16.0. The van der Waals surface area contributed by atoms with Crippen LogP contribution in [0.3, 0.4) is 0 Å². The SMILES string of the molecule is N#Cc1ccc(CC(CCC(N)C(=O)O)C(=O)O)cc1F. The van der Waals surface area contributed by atoms with Crippen LogP contribution >= 0.6 is 0 Å². The number of carboxylic acid groups (broad SMARTS) is 2. The molecule has 0 aromatic heterocycles. The summed E-state index contributed by atoms with van der Waals surface area (Å²) in [6.07, 6.45) is 0.139. The zero-order valence-electron chi connectivity index (χ0n) is 11.1. The van der Waals surface area contributed by atoms with Crippen LogP contribution in [0.5, 0.6) is 0 Å². The molecular weight excluding hydrogens is 279 g/mol. The van der Waals surface area contributed by atoms with E-state index in [4.69, 9.17) is 21.2 Å². The van der Waals surface area contributed by atoms with Gasteiger partial charge in [0.1, 0.15) is 17.9 Å². The Balaban J connectivity index is 2.75. The fraction of sp³-hybridized carbons (Fsp3) is 0.357. The summed E-state index contributed by atoms with van der Waals surface area (Å²) in [5.41, 5.74) is 5.65. The van der Waals surface area contributed by atoms with Crippen molar-refractivity contribution in [1.29, 1.82) is 5.26 Å². The van der Waals surface area contributed by atoms with Crippen LogP contribution in [0.15, 0.2) is 18.2 Å². The number of nitriles is 1. The van der Waals surface area contributed by atoms with Crippen molar-refractivity contribution in [1.82, 2.24) is 0 Å². The first-order valence-electron chi connectivity index (χ1n) is 6.25. The summed E-state index contributed by atoms with van der Waals surface area (Å²) in [7, 11) is 0.